The number of carbonyl (C=O) groups excluding carboxylic acids is 2. The van der Waals surface area contributed by atoms with Crippen molar-refractivity contribution in [1.82, 2.24) is 9.80 Å². The van der Waals surface area contributed by atoms with Gasteiger partial charge in [-0.25, -0.2) is 0 Å². The van der Waals surface area contributed by atoms with E-state index in [9.17, 15) is 14.7 Å². The maximum absolute atomic E-state index is 12.5. The molecular weight excluding hydrogens is 280 g/mol. The van der Waals surface area contributed by atoms with Gasteiger partial charge in [0.1, 0.15) is 0 Å². The Balaban J connectivity index is 2.08. The van der Waals surface area contributed by atoms with Crippen LogP contribution >= 0.6 is 0 Å². The van der Waals surface area contributed by atoms with E-state index in [-0.39, 0.29) is 23.8 Å². The van der Waals surface area contributed by atoms with Gasteiger partial charge < -0.3 is 14.9 Å². The predicted octanol–water partition coefficient (Wildman–Crippen LogP) is 1.62. The lowest BCUT2D eigenvalue weighted by atomic mass is 10.0. The third-order valence-corrected chi connectivity index (χ3v) is 4.24. The summed E-state index contributed by atoms with van der Waals surface area (Å²) in [6.07, 6.45) is 2.48. The van der Waals surface area contributed by atoms with Crippen LogP contribution in [-0.4, -0.2) is 60.5 Å². The van der Waals surface area contributed by atoms with E-state index in [2.05, 4.69) is 0 Å². The minimum Gasteiger partial charge on any atom is -0.393 e. The first-order valence-corrected chi connectivity index (χ1v) is 7.65. The second-order valence-corrected chi connectivity index (χ2v) is 6.22. The van der Waals surface area contributed by atoms with Crippen LogP contribution in [-0.2, 0) is 0 Å². The highest BCUT2D eigenvalue weighted by Gasteiger charge is 2.27. The molecule has 5 heteroatoms. The summed E-state index contributed by atoms with van der Waals surface area (Å²) in [5.41, 5.74) is 1.01. The number of nitrogens with zero attached hydrogens (tertiary/aromatic N) is 2. The maximum Gasteiger partial charge on any atom is 0.253 e. The van der Waals surface area contributed by atoms with Gasteiger partial charge in [-0.05, 0) is 31.0 Å². The summed E-state index contributed by atoms with van der Waals surface area (Å²) in [5, 5.41) is 9.88. The predicted molar refractivity (Wildman–Crippen MR) is 84.8 cm³/mol. The van der Waals surface area contributed by atoms with Crippen molar-refractivity contribution in [1.29, 1.82) is 0 Å². The van der Waals surface area contributed by atoms with Gasteiger partial charge in [0, 0.05) is 44.7 Å². The van der Waals surface area contributed by atoms with Crippen molar-refractivity contribution in [2.75, 3.05) is 27.7 Å². The first-order valence-electron chi connectivity index (χ1n) is 7.65. The van der Waals surface area contributed by atoms with E-state index in [0.29, 0.717) is 17.7 Å². The Hall–Kier alpha value is -1.88. The molecule has 2 amide bonds. The van der Waals surface area contributed by atoms with Crippen LogP contribution in [0.3, 0.4) is 0 Å². The SMILES string of the molecule is CN(C)C(=O)c1cccc(C(=O)N(C)CC2CCCC2O)c1. The largest absolute Gasteiger partial charge is 0.393 e. The van der Waals surface area contributed by atoms with Gasteiger partial charge in [-0.1, -0.05) is 12.5 Å². The Morgan fingerprint density at radius 3 is 2.32 bits per heavy atom. The number of hydrogen-bond acceptors (Lipinski definition) is 3. The first-order chi connectivity index (χ1) is 10.4. The number of aliphatic hydroxyl groups is 1. The highest BCUT2D eigenvalue weighted by molar-refractivity contribution is 5.99. The molecule has 0 aromatic heterocycles. The molecule has 0 aliphatic heterocycles. The normalized spacial score (nSPS) is 20.7. The van der Waals surface area contributed by atoms with Crippen molar-refractivity contribution in [3.8, 4) is 0 Å². The standard InChI is InChI=1S/C17H24N2O3/c1-18(2)16(21)12-6-4-7-13(10-12)17(22)19(3)11-14-8-5-9-15(14)20/h4,6-7,10,14-15,20H,5,8-9,11H2,1-3H3. The molecule has 0 spiro atoms. The minimum atomic E-state index is -0.308. The zero-order chi connectivity index (χ0) is 16.3. The zero-order valence-electron chi connectivity index (χ0n) is 13.5. The molecule has 1 fully saturated rings. The van der Waals surface area contributed by atoms with Gasteiger partial charge in [0.2, 0.25) is 0 Å². The Kier molecular flexibility index (Phi) is 5.19. The Morgan fingerprint density at radius 2 is 1.77 bits per heavy atom. The highest BCUT2D eigenvalue weighted by Crippen LogP contribution is 2.26. The molecule has 0 bridgehead atoms. The average Bonchev–Trinajstić information content (AvgIpc) is 2.90. The Morgan fingerprint density at radius 1 is 1.14 bits per heavy atom. The summed E-state index contributed by atoms with van der Waals surface area (Å²) in [5.74, 6) is -0.0865. The minimum absolute atomic E-state index is 0.118. The number of benzene rings is 1. The number of aliphatic hydroxyl groups excluding tert-OH is 1. The van der Waals surface area contributed by atoms with Gasteiger partial charge in [0.25, 0.3) is 11.8 Å². The van der Waals surface area contributed by atoms with Gasteiger partial charge in [-0.2, -0.15) is 0 Å². The molecule has 22 heavy (non-hydrogen) atoms. The van der Waals surface area contributed by atoms with Crippen molar-refractivity contribution in [2.45, 2.75) is 25.4 Å². The van der Waals surface area contributed by atoms with Crippen molar-refractivity contribution in [3.63, 3.8) is 0 Å². The second kappa shape index (κ2) is 6.92. The Labute approximate surface area is 131 Å². The van der Waals surface area contributed by atoms with E-state index < -0.39 is 0 Å². The van der Waals surface area contributed by atoms with Crippen LogP contribution < -0.4 is 0 Å². The molecule has 0 heterocycles. The molecule has 1 aliphatic rings. The molecule has 2 rings (SSSR count). The van der Waals surface area contributed by atoms with Crippen LogP contribution in [0.5, 0.6) is 0 Å². The number of amides is 2. The van der Waals surface area contributed by atoms with Crippen LogP contribution in [0, 0.1) is 5.92 Å². The fraction of sp³-hybridized carbons (Fsp3) is 0.529. The lowest BCUT2D eigenvalue weighted by Crippen LogP contribution is -2.34. The van der Waals surface area contributed by atoms with E-state index in [1.807, 2.05) is 0 Å². The second-order valence-electron chi connectivity index (χ2n) is 6.22. The lowest BCUT2D eigenvalue weighted by Gasteiger charge is -2.23. The molecule has 1 aromatic rings. The smallest absolute Gasteiger partial charge is 0.253 e. The highest BCUT2D eigenvalue weighted by atomic mass is 16.3. The first kappa shape index (κ1) is 16.5. The number of carbonyl (C=O) groups is 2. The summed E-state index contributed by atoms with van der Waals surface area (Å²) >= 11 is 0. The molecule has 0 radical (unpaired) electrons. The monoisotopic (exact) mass is 304 g/mol. The fourth-order valence-corrected chi connectivity index (χ4v) is 2.93. The molecule has 5 nitrogen and oxygen atoms in total. The van der Waals surface area contributed by atoms with E-state index in [1.54, 1.807) is 50.3 Å². The van der Waals surface area contributed by atoms with Crippen LogP contribution in [0.25, 0.3) is 0 Å². The fourth-order valence-electron chi connectivity index (χ4n) is 2.93. The molecule has 1 N–H and O–H groups in total. The molecule has 0 saturated heterocycles. The van der Waals surface area contributed by atoms with Gasteiger partial charge in [-0.3, -0.25) is 9.59 Å². The van der Waals surface area contributed by atoms with Gasteiger partial charge >= 0.3 is 0 Å². The average molecular weight is 304 g/mol. The maximum atomic E-state index is 12.5. The molecule has 1 aromatic carbocycles. The summed E-state index contributed by atoms with van der Waals surface area (Å²) in [7, 11) is 5.11. The summed E-state index contributed by atoms with van der Waals surface area (Å²) in [4.78, 5) is 27.6. The van der Waals surface area contributed by atoms with Crippen LogP contribution in [0.4, 0.5) is 0 Å². The number of hydrogen-bond donors (Lipinski definition) is 1. The van der Waals surface area contributed by atoms with Crippen LogP contribution in [0.1, 0.15) is 40.0 Å². The molecule has 120 valence electrons. The summed E-state index contributed by atoms with van der Waals surface area (Å²) in [6, 6.07) is 6.78. The molecule has 1 aliphatic carbocycles. The van der Waals surface area contributed by atoms with Gasteiger partial charge in [0.05, 0.1) is 6.10 Å². The van der Waals surface area contributed by atoms with E-state index in [1.165, 1.54) is 4.90 Å². The third kappa shape index (κ3) is 3.65. The van der Waals surface area contributed by atoms with E-state index in [4.69, 9.17) is 0 Å². The van der Waals surface area contributed by atoms with Crippen molar-refractivity contribution >= 4 is 11.8 Å². The van der Waals surface area contributed by atoms with E-state index >= 15 is 0 Å². The molecule has 1 saturated carbocycles. The van der Waals surface area contributed by atoms with E-state index in [0.717, 1.165) is 19.3 Å². The Bertz CT molecular complexity index is 557. The van der Waals surface area contributed by atoms with Crippen molar-refractivity contribution < 1.29 is 14.7 Å². The van der Waals surface area contributed by atoms with Crippen molar-refractivity contribution in [2.24, 2.45) is 5.92 Å². The van der Waals surface area contributed by atoms with Gasteiger partial charge in [-0.15, -0.1) is 0 Å². The summed E-state index contributed by atoms with van der Waals surface area (Å²) < 4.78 is 0. The van der Waals surface area contributed by atoms with Crippen LogP contribution in [0.2, 0.25) is 0 Å². The number of rotatable bonds is 4. The molecule has 2 unspecified atom stereocenters. The van der Waals surface area contributed by atoms with Crippen LogP contribution in [0.15, 0.2) is 24.3 Å². The topological polar surface area (TPSA) is 60.9 Å². The van der Waals surface area contributed by atoms with Gasteiger partial charge in [0.15, 0.2) is 0 Å². The lowest BCUT2D eigenvalue weighted by molar-refractivity contribution is 0.0693. The third-order valence-electron chi connectivity index (χ3n) is 4.24. The molecule has 2 atom stereocenters. The van der Waals surface area contributed by atoms with Crippen molar-refractivity contribution in [3.05, 3.63) is 35.4 Å². The zero-order valence-corrected chi connectivity index (χ0v) is 13.5. The molecular formula is C17H24N2O3. The summed E-state index contributed by atoms with van der Waals surface area (Å²) in [6.45, 7) is 0.547. The quantitative estimate of drug-likeness (QED) is 0.919.